The van der Waals surface area contributed by atoms with Gasteiger partial charge in [-0.05, 0) is 11.5 Å². The number of rotatable bonds is 4. The number of phenolic OH excluding ortho intramolecular Hbond substituents is 1. The van der Waals surface area contributed by atoms with Crippen LogP contribution in [0, 0.1) is 27.4 Å². The molecule has 8 heteroatoms. The Morgan fingerprint density at radius 2 is 1.95 bits per heavy atom. The second-order valence-corrected chi connectivity index (χ2v) is 5.56. The maximum absolute atomic E-state index is 12.1. The van der Waals surface area contributed by atoms with Gasteiger partial charge in [-0.2, -0.15) is 0 Å². The van der Waals surface area contributed by atoms with E-state index in [1.54, 1.807) is 13.8 Å². The molecule has 0 heterocycles. The maximum atomic E-state index is 12.1. The summed E-state index contributed by atoms with van der Waals surface area (Å²) in [7, 11) is 0. The third kappa shape index (κ3) is 2.51. The number of nitro groups is 1. The van der Waals surface area contributed by atoms with E-state index in [0.29, 0.717) is 0 Å². The fourth-order valence-electron chi connectivity index (χ4n) is 2.54. The number of carboxylic acids is 1. The van der Waals surface area contributed by atoms with Gasteiger partial charge in [-0.1, -0.05) is 13.8 Å². The van der Waals surface area contributed by atoms with Crippen molar-refractivity contribution in [2.24, 2.45) is 17.3 Å². The van der Waals surface area contributed by atoms with E-state index in [1.807, 2.05) is 0 Å². The fourth-order valence-corrected chi connectivity index (χ4v) is 2.54. The van der Waals surface area contributed by atoms with Crippen LogP contribution in [0.1, 0.15) is 13.8 Å². The quantitative estimate of drug-likeness (QED) is 0.439. The highest BCUT2D eigenvalue weighted by Gasteiger charge is 2.65. The van der Waals surface area contributed by atoms with Gasteiger partial charge in [0.15, 0.2) is 0 Å². The number of carbonyl (C=O) groups is 2. The standard InChI is InChI=1S/C13H14N2O6/c1-13(2)9(10(13)12(18)19)11(17)14-7-5-6(15(20)21)3-4-8(7)16/h3-5,9-10,16H,1-2H3,(H,14,17)(H,18,19)/t9-,10+/m1/s1. The van der Waals surface area contributed by atoms with Crippen molar-refractivity contribution in [3.8, 4) is 5.75 Å². The number of benzene rings is 1. The number of carbonyl (C=O) groups excluding carboxylic acids is 1. The summed E-state index contributed by atoms with van der Waals surface area (Å²) in [5.74, 6) is -3.52. The number of aromatic hydroxyl groups is 1. The zero-order valence-corrected chi connectivity index (χ0v) is 11.4. The third-order valence-corrected chi connectivity index (χ3v) is 3.82. The molecule has 0 unspecified atom stereocenters. The first-order valence-corrected chi connectivity index (χ1v) is 6.17. The summed E-state index contributed by atoms with van der Waals surface area (Å²) in [6.45, 7) is 3.31. The van der Waals surface area contributed by atoms with Gasteiger partial charge < -0.3 is 15.5 Å². The predicted molar refractivity (Wildman–Crippen MR) is 71.8 cm³/mol. The van der Waals surface area contributed by atoms with Crippen LogP contribution in [-0.2, 0) is 9.59 Å². The summed E-state index contributed by atoms with van der Waals surface area (Å²) in [6, 6.07) is 3.23. The number of aliphatic carboxylic acids is 1. The van der Waals surface area contributed by atoms with Crippen molar-refractivity contribution in [2.75, 3.05) is 5.32 Å². The molecule has 1 fully saturated rings. The molecule has 8 nitrogen and oxygen atoms in total. The molecular weight excluding hydrogens is 280 g/mol. The zero-order chi connectivity index (χ0) is 15.9. The number of carboxylic acid groups (broad SMARTS) is 1. The molecule has 1 aliphatic carbocycles. The Hall–Kier alpha value is -2.64. The van der Waals surface area contributed by atoms with Gasteiger partial charge in [0.2, 0.25) is 5.91 Å². The predicted octanol–water partition coefficient (Wildman–Crippen LogP) is 1.60. The first-order valence-electron chi connectivity index (χ1n) is 6.17. The van der Waals surface area contributed by atoms with E-state index in [0.717, 1.165) is 18.2 Å². The maximum Gasteiger partial charge on any atom is 0.307 e. The lowest BCUT2D eigenvalue weighted by atomic mass is 10.1. The molecule has 112 valence electrons. The van der Waals surface area contributed by atoms with Crippen molar-refractivity contribution in [2.45, 2.75) is 13.8 Å². The number of hydrogen-bond donors (Lipinski definition) is 3. The average Bonchev–Trinajstić information content (AvgIpc) is 2.95. The first-order chi connectivity index (χ1) is 9.66. The molecule has 2 rings (SSSR count). The Kier molecular flexibility index (Phi) is 3.32. The van der Waals surface area contributed by atoms with Crippen LogP contribution in [0.15, 0.2) is 18.2 Å². The van der Waals surface area contributed by atoms with Crippen molar-refractivity contribution in [3.63, 3.8) is 0 Å². The Bertz CT molecular complexity index is 640. The lowest BCUT2D eigenvalue weighted by Crippen LogP contribution is -2.17. The minimum absolute atomic E-state index is 0.110. The second kappa shape index (κ2) is 4.72. The third-order valence-electron chi connectivity index (χ3n) is 3.82. The lowest BCUT2D eigenvalue weighted by molar-refractivity contribution is -0.384. The Morgan fingerprint density at radius 1 is 1.33 bits per heavy atom. The molecule has 0 aromatic heterocycles. The molecule has 1 saturated carbocycles. The van der Waals surface area contributed by atoms with E-state index in [2.05, 4.69) is 5.32 Å². The number of nitrogens with one attached hydrogen (secondary N) is 1. The van der Waals surface area contributed by atoms with Gasteiger partial charge in [0.25, 0.3) is 5.69 Å². The Balaban J connectivity index is 2.20. The summed E-state index contributed by atoms with van der Waals surface area (Å²) in [5.41, 5.74) is -1.08. The summed E-state index contributed by atoms with van der Waals surface area (Å²) in [6.07, 6.45) is 0. The second-order valence-electron chi connectivity index (χ2n) is 5.56. The van der Waals surface area contributed by atoms with Gasteiger partial charge in [-0.25, -0.2) is 0 Å². The van der Waals surface area contributed by atoms with Crippen molar-refractivity contribution >= 4 is 23.3 Å². The summed E-state index contributed by atoms with van der Waals surface area (Å²) >= 11 is 0. The van der Waals surface area contributed by atoms with E-state index in [4.69, 9.17) is 5.11 Å². The van der Waals surface area contributed by atoms with E-state index >= 15 is 0 Å². The number of non-ortho nitro benzene ring substituents is 1. The van der Waals surface area contributed by atoms with Crippen molar-refractivity contribution < 1.29 is 24.7 Å². The van der Waals surface area contributed by atoms with Crippen LogP contribution in [-0.4, -0.2) is 27.0 Å². The number of nitrogens with zero attached hydrogens (tertiary/aromatic N) is 1. The van der Waals surface area contributed by atoms with Crippen molar-refractivity contribution in [1.82, 2.24) is 0 Å². The fraction of sp³-hybridized carbons (Fsp3) is 0.385. The van der Waals surface area contributed by atoms with Gasteiger partial charge in [-0.15, -0.1) is 0 Å². The summed E-state index contributed by atoms with van der Waals surface area (Å²) in [4.78, 5) is 33.1. The smallest absolute Gasteiger partial charge is 0.307 e. The van der Waals surface area contributed by atoms with E-state index in [-0.39, 0.29) is 17.1 Å². The largest absolute Gasteiger partial charge is 0.506 e. The summed E-state index contributed by atoms with van der Waals surface area (Å²) < 4.78 is 0. The van der Waals surface area contributed by atoms with Gasteiger partial charge in [-0.3, -0.25) is 19.7 Å². The molecule has 0 aliphatic heterocycles. The summed E-state index contributed by atoms with van der Waals surface area (Å²) in [5, 5.41) is 31.7. The van der Waals surface area contributed by atoms with Crippen LogP contribution in [0.3, 0.4) is 0 Å². The molecular formula is C13H14N2O6. The highest BCUT2D eigenvalue weighted by Crippen LogP contribution is 2.58. The molecule has 0 bridgehead atoms. The minimum Gasteiger partial charge on any atom is -0.506 e. The number of hydrogen-bond acceptors (Lipinski definition) is 5. The van der Waals surface area contributed by atoms with Gasteiger partial charge in [0.1, 0.15) is 5.75 Å². The normalized spacial score (nSPS) is 22.4. The Morgan fingerprint density at radius 3 is 2.43 bits per heavy atom. The topological polar surface area (TPSA) is 130 Å². The lowest BCUT2D eigenvalue weighted by Gasteiger charge is -2.07. The van der Waals surface area contributed by atoms with E-state index < -0.39 is 34.1 Å². The molecule has 1 amide bonds. The van der Waals surface area contributed by atoms with Gasteiger partial charge in [0.05, 0.1) is 22.4 Å². The van der Waals surface area contributed by atoms with Crippen LogP contribution in [0.25, 0.3) is 0 Å². The minimum atomic E-state index is -1.07. The molecule has 0 radical (unpaired) electrons. The van der Waals surface area contributed by atoms with Crippen LogP contribution < -0.4 is 5.32 Å². The average molecular weight is 294 g/mol. The van der Waals surface area contributed by atoms with Crippen LogP contribution in [0.5, 0.6) is 5.75 Å². The first kappa shape index (κ1) is 14.8. The molecule has 0 saturated heterocycles. The number of phenols is 1. The van der Waals surface area contributed by atoms with Gasteiger partial charge in [0, 0.05) is 12.1 Å². The molecule has 3 N–H and O–H groups in total. The highest BCUT2D eigenvalue weighted by molar-refractivity contribution is 6.00. The molecule has 0 spiro atoms. The molecule has 1 aromatic carbocycles. The van der Waals surface area contributed by atoms with Crippen molar-refractivity contribution in [3.05, 3.63) is 28.3 Å². The highest BCUT2D eigenvalue weighted by atomic mass is 16.6. The SMILES string of the molecule is CC1(C)[C@H](C(=O)O)[C@@H]1C(=O)Nc1cc([N+](=O)[O-])ccc1O. The molecule has 1 aromatic rings. The van der Waals surface area contributed by atoms with Crippen LogP contribution in [0.2, 0.25) is 0 Å². The monoisotopic (exact) mass is 294 g/mol. The number of nitro benzene ring substituents is 1. The van der Waals surface area contributed by atoms with Gasteiger partial charge >= 0.3 is 5.97 Å². The number of amides is 1. The van der Waals surface area contributed by atoms with E-state index in [1.165, 1.54) is 0 Å². The van der Waals surface area contributed by atoms with Crippen LogP contribution in [0.4, 0.5) is 11.4 Å². The van der Waals surface area contributed by atoms with E-state index in [9.17, 15) is 24.8 Å². The Labute approximate surface area is 119 Å². The zero-order valence-electron chi connectivity index (χ0n) is 11.4. The number of anilines is 1. The molecule has 2 atom stereocenters. The molecule has 1 aliphatic rings. The van der Waals surface area contributed by atoms with Crippen LogP contribution >= 0.6 is 0 Å². The van der Waals surface area contributed by atoms with Crippen molar-refractivity contribution in [1.29, 1.82) is 0 Å². The molecule has 21 heavy (non-hydrogen) atoms.